The second kappa shape index (κ2) is 9.29. The molecular weight excluding hydrogens is 462 g/mol. The number of aliphatic carboxylic acids is 1. The SMILES string of the molecule is Cc1c(CCC(=O)O)c2cc(OCc3ccccc3)ccc2n1S(=O)(=O)c1ccc(Cl)cc1. The molecule has 0 saturated heterocycles. The number of ether oxygens (including phenoxy) is 1. The molecule has 0 aliphatic rings. The van der Waals surface area contributed by atoms with Crippen molar-refractivity contribution in [2.24, 2.45) is 0 Å². The van der Waals surface area contributed by atoms with E-state index in [0.29, 0.717) is 39.5 Å². The van der Waals surface area contributed by atoms with Gasteiger partial charge in [-0.2, -0.15) is 0 Å². The topological polar surface area (TPSA) is 85.6 Å². The second-order valence-electron chi connectivity index (χ2n) is 7.63. The van der Waals surface area contributed by atoms with Crippen LogP contribution in [0.25, 0.3) is 10.9 Å². The van der Waals surface area contributed by atoms with Gasteiger partial charge in [-0.1, -0.05) is 41.9 Å². The Morgan fingerprint density at radius 3 is 2.39 bits per heavy atom. The van der Waals surface area contributed by atoms with E-state index in [1.807, 2.05) is 30.3 Å². The minimum atomic E-state index is -3.93. The van der Waals surface area contributed by atoms with Gasteiger partial charge in [-0.25, -0.2) is 12.4 Å². The largest absolute Gasteiger partial charge is 0.489 e. The van der Waals surface area contributed by atoms with Gasteiger partial charge in [0.2, 0.25) is 0 Å². The number of carboxylic acids is 1. The maximum atomic E-state index is 13.5. The first-order chi connectivity index (χ1) is 15.8. The summed E-state index contributed by atoms with van der Waals surface area (Å²) in [5, 5.41) is 10.3. The number of aromatic nitrogens is 1. The molecule has 0 spiro atoms. The number of carbonyl (C=O) groups is 1. The highest BCUT2D eigenvalue weighted by Crippen LogP contribution is 2.33. The molecule has 3 aromatic carbocycles. The number of fused-ring (bicyclic) bond motifs is 1. The number of hydrogen-bond donors (Lipinski definition) is 1. The van der Waals surface area contributed by atoms with Crippen molar-refractivity contribution in [1.29, 1.82) is 0 Å². The number of nitrogens with zero attached hydrogens (tertiary/aromatic N) is 1. The van der Waals surface area contributed by atoms with Crippen molar-refractivity contribution in [1.82, 2.24) is 3.97 Å². The third kappa shape index (κ3) is 4.74. The zero-order valence-corrected chi connectivity index (χ0v) is 19.4. The Morgan fingerprint density at radius 1 is 1.03 bits per heavy atom. The van der Waals surface area contributed by atoms with Crippen LogP contribution in [-0.4, -0.2) is 23.5 Å². The fraction of sp³-hybridized carbons (Fsp3) is 0.160. The van der Waals surface area contributed by atoms with Crippen LogP contribution in [0.2, 0.25) is 5.02 Å². The third-order valence-electron chi connectivity index (χ3n) is 5.44. The van der Waals surface area contributed by atoms with E-state index in [0.717, 1.165) is 5.56 Å². The van der Waals surface area contributed by atoms with Crippen LogP contribution in [0.5, 0.6) is 5.75 Å². The van der Waals surface area contributed by atoms with Crippen molar-refractivity contribution in [3.63, 3.8) is 0 Å². The van der Waals surface area contributed by atoms with Gasteiger partial charge in [-0.15, -0.1) is 0 Å². The van der Waals surface area contributed by atoms with Crippen LogP contribution >= 0.6 is 11.6 Å². The normalized spacial score (nSPS) is 11.6. The molecule has 170 valence electrons. The molecular formula is C25H22ClNO5S. The summed E-state index contributed by atoms with van der Waals surface area (Å²) < 4.78 is 34.2. The molecule has 4 rings (SSSR count). The molecule has 4 aromatic rings. The summed E-state index contributed by atoms with van der Waals surface area (Å²) in [5.74, 6) is -0.378. The van der Waals surface area contributed by atoms with Gasteiger partial charge in [-0.3, -0.25) is 4.79 Å². The lowest BCUT2D eigenvalue weighted by Crippen LogP contribution is -2.14. The molecule has 6 nitrogen and oxygen atoms in total. The average molecular weight is 484 g/mol. The molecule has 0 bridgehead atoms. The van der Waals surface area contributed by atoms with Gasteiger partial charge < -0.3 is 9.84 Å². The minimum absolute atomic E-state index is 0.0982. The van der Waals surface area contributed by atoms with Crippen molar-refractivity contribution in [3.8, 4) is 5.75 Å². The highest BCUT2D eigenvalue weighted by molar-refractivity contribution is 7.90. The molecule has 0 radical (unpaired) electrons. The van der Waals surface area contributed by atoms with Crippen LogP contribution in [-0.2, 0) is 27.8 Å². The Bertz CT molecular complexity index is 1410. The first-order valence-corrected chi connectivity index (χ1v) is 12.1. The number of aryl methyl sites for hydroxylation is 1. The van der Waals surface area contributed by atoms with Crippen molar-refractivity contribution >= 4 is 38.5 Å². The van der Waals surface area contributed by atoms with Crippen molar-refractivity contribution in [3.05, 3.63) is 94.6 Å². The predicted octanol–water partition coefficient (Wildman–Crippen LogP) is 5.44. The van der Waals surface area contributed by atoms with E-state index in [1.54, 1.807) is 25.1 Å². The van der Waals surface area contributed by atoms with Crippen LogP contribution in [0.4, 0.5) is 0 Å². The number of rotatable bonds is 8. The van der Waals surface area contributed by atoms with Crippen LogP contribution in [0, 0.1) is 6.92 Å². The number of hydrogen-bond acceptors (Lipinski definition) is 4. The van der Waals surface area contributed by atoms with Gasteiger partial charge >= 0.3 is 5.97 Å². The molecule has 8 heteroatoms. The van der Waals surface area contributed by atoms with Crippen LogP contribution in [0.1, 0.15) is 23.2 Å². The van der Waals surface area contributed by atoms with E-state index in [1.165, 1.54) is 28.2 Å². The summed E-state index contributed by atoms with van der Waals surface area (Å²) in [6.07, 6.45) is 0.0823. The molecule has 0 fully saturated rings. The Morgan fingerprint density at radius 2 is 1.73 bits per heavy atom. The average Bonchev–Trinajstić information content (AvgIpc) is 3.08. The van der Waals surface area contributed by atoms with E-state index in [4.69, 9.17) is 16.3 Å². The third-order valence-corrected chi connectivity index (χ3v) is 7.51. The zero-order chi connectivity index (χ0) is 23.6. The molecule has 1 N–H and O–H groups in total. The fourth-order valence-electron chi connectivity index (χ4n) is 3.83. The Labute approximate surface area is 197 Å². The van der Waals surface area contributed by atoms with Gasteiger partial charge in [0.05, 0.1) is 10.4 Å². The zero-order valence-electron chi connectivity index (χ0n) is 17.9. The molecule has 0 aliphatic carbocycles. The lowest BCUT2D eigenvalue weighted by molar-refractivity contribution is -0.136. The Hall–Kier alpha value is -3.29. The second-order valence-corrected chi connectivity index (χ2v) is 9.86. The van der Waals surface area contributed by atoms with Gasteiger partial charge in [-0.05, 0) is 66.9 Å². The summed E-state index contributed by atoms with van der Waals surface area (Å²) in [5.41, 5.74) is 2.61. The summed E-state index contributed by atoms with van der Waals surface area (Å²) in [7, 11) is -3.93. The van der Waals surface area contributed by atoms with E-state index in [-0.39, 0.29) is 17.7 Å². The summed E-state index contributed by atoms with van der Waals surface area (Å²) in [4.78, 5) is 11.3. The van der Waals surface area contributed by atoms with Crippen LogP contribution < -0.4 is 4.74 Å². The molecule has 33 heavy (non-hydrogen) atoms. The van der Waals surface area contributed by atoms with Gasteiger partial charge in [0, 0.05) is 22.5 Å². The van der Waals surface area contributed by atoms with E-state index < -0.39 is 16.0 Å². The first kappa shape index (κ1) is 22.9. The molecule has 0 saturated carbocycles. The maximum Gasteiger partial charge on any atom is 0.303 e. The van der Waals surface area contributed by atoms with Crippen LogP contribution in [0.15, 0.2) is 77.7 Å². The number of halogens is 1. The Kier molecular flexibility index (Phi) is 6.44. The minimum Gasteiger partial charge on any atom is -0.489 e. The molecule has 0 atom stereocenters. The molecule has 1 aromatic heterocycles. The quantitative estimate of drug-likeness (QED) is 0.361. The molecule has 1 heterocycles. The summed E-state index contributed by atoms with van der Waals surface area (Å²) in [6.45, 7) is 2.05. The Balaban J connectivity index is 1.80. The number of benzene rings is 3. The van der Waals surface area contributed by atoms with E-state index in [2.05, 4.69) is 0 Å². The number of carboxylic acid groups (broad SMARTS) is 1. The lowest BCUT2D eigenvalue weighted by Gasteiger charge is -2.11. The highest BCUT2D eigenvalue weighted by Gasteiger charge is 2.25. The maximum absolute atomic E-state index is 13.5. The van der Waals surface area contributed by atoms with Crippen LogP contribution in [0.3, 0.4) is 0 Å². The van der Waals surface area contributed by atoms with Crippen molar-refractivity contribution in [2.75, 3.05) is 0 Å². The molecule has 0 amide bonds. The fourth-order valence-corrected chi connectivity index (χ4v) is 5.54. The molecule has 0 unspecified atom stereocenters. The summed E-state index contributed by atoms with van der Waals surface area (Å²) in [6, 6.07) is 20.8. The van der Waals surface area contributed by atoms with Gasteiger partial charge in [0.25, 0.3) is 10.0 Å². The predicted molar refractivity (Wildman–Crippen MR) is 127 cm³/mol. The van der Waals surface area contributed by atoms with Crippen molar-refractivity contribution < 1.29 is 23.1 Å². The van der Waals surface area contributed by atoms with Crippen molar-refractivity contribution in [2.45, 2.75) is 31.3 Å². The standard InChI is InChI=1S/C25H22ClNO5S/c1-17-22(12-14-25(28)29)23-15-20(32-16-18-5-3-2-4-6-18)9-13-24(23)27(17)33(30,31)21-10-7-19(26)8-11-21/h2-11,13,15H,12,14,16H2,1H3,(H,28,29). The highest BCUT2D eigenvalue weighted by atomic mass is 35.5. The monoisotopic (exact) mass is 483 g/mol. The van der Waals surface area contributed by atoms with E-state index in [9.17, 15) is 18.3 Å². The smallest absolute Gasteiger partial charge is 0.303 e. The van der Waals surface area contributed by atoms with Gasteiger partial charge in [0.1, 0.15) is 12.4 Å². The van der Waals surface area contributed by atoms with Gasteiger partial charge in [0.15, 0.2) is 0 Å². The molecule has 0 aliphatic heterocycles. The van der Waals surface area contributed by atoms with E-state index >= 15 is 0 Å². The lowest BCUT2D eigenvalue weighted by atomic mass is 10.1. The first-order valence-electron chi connectivity index (χ1n) is 10.3. The summed E-state index contributed by atoms with van der Waals surface area (Å²) >= 11 is 5.93.